The van der Waals surface area contributed by atoms with Crippen LogP contribution in [0.4, 0.5) is 4.79 Å². The van der Waals surface area contributed by atoms with Gasteiger partial charge in [0.25, 0.3) is 11.8 Å². The van der Waals surface area contributed by atoms with E-state index in [2.05, 4.69) is 5.32 Å². The minimum absolute atomic E-state index is 0.147. The van der Waals surface area contributed by atoms with Crippen molar-refractivity contribution in [1.29, 1.82) is 0 Å². The van der Waals surface area contributed by atoms with E-state index in [1.807, 2.05) is 30.3 Å². The molecule has 2 saturated heterocycles. The van der Waals surface area contributed by atoms with Gasteiger partial charge in [-0.2, -0.15) is 0 Å². The fourth-order valence-electron chi connectivity index (χ4n) is 4.04. The summed E-state index contributed by atoms with van der Waals surface area (Å²) >= 11 is 0. The van der Waals surface area contributed by atoms with Crippen molar-refractivity contribution in [1.82, 2.24) is 15.1 Å². The van der Waals surface area contributed by atoms with Crippen molar-refractivity contribution >= 4 is 28.6 Å². The summed E-state index contributed by atoms with van der Waals surface area (Å²) in [4.78, 5) is 41.0. The van der Waals surface area contributed by atoms with Gasteiger partial charge in [-0.05, 0) is 55.3 Å². The third kappa shape index (κ3) is 2.78. The number of fused-ring (bicyclic) bond motifs is 1. The summed E-state index contributed by atoms with van der Waals surface area (Å²) in [7, 11) is 1.60. The molecule has 0 aliphatic carbocycles. The number of rotatable bonds is 3. The second kappa shape index (κ2) is 6.51. The van der Waals surface area contributed by atoms with Gasteiger partial charge in [-0.25, -0.2) is 4.79 Å². The number of carbonyl (C=O) groups is 3. The summed E-state index contributed by atoms with van der Waals surface area (Å²) in [6, 6.07) is 10.6. The first-order valence-electron chi connectivity index (χ1n) is 9.37. The Labute approximate surface area is 163 Å². The molecule has 28 heavy (non-hydrogen) atoms. The average molecular weight is 381 g/mol. The molecule has 0 saturated carbocycles. The van der Waals surface area contributed by atoms with Crippen LogP contribution in [0.3, 0.4) is 0 Å². The Hall–Kier alpha value is -3.09. The lowest BCUT2D eigenvalue weighted by Gasteiger charge is -2.23. The quantitative estimate of drug-likeness (QED) is 0.828. The molecule has 2 aliphatic heterocycles. The second-order valence-corrected chi connectivity index (χ2v) is 7.69. The molecule has 1 N–H and O–H groups in total. The number of carbonyl (C=O) groups excluding carboxylic acids is 3. The summed E-state index contributed by atoms with van der Waals surface area (Å²) in [5.41, 5.74) is -0.452. The molecular weight excluding hydrogens is 358 g/mol. The molecule has 7 heteroatoms. The number of ether oxygens (including phenoxy) is 1. The molecule has 0 radical (unpaired) electrons. The fourth-order valence-corrected chi connectivity index (χ4v) is 4.04. The van der Waals surface area contributed by atoms with Gasteiger partial charge in [-0.3, -0.25) is 14.5 Å². The lowest BCUT2D eigenvalue weighted by Crippen LogP contribution is -2.50. The Kier molecular flexibility index (Phi) is 4.25. The first-order valence-corrected chi connectivity index (χ1v) is 9.37. The van der Waals surface area contributed by atoms with Crippen LogP contribution in [0.5, 0.6) is 5.75 Å². The summed E-state index contributed by atoms with van der Waals surface area (Å²) in [5, 5.41) is 4.75. The summed E-state index contributed by atoms with van der Waals surface area (Å²) < 4.78 is 5.26. The first kappa shape index (κ1) is 18.3. The summed E-state index contributed by atoms with van der Waals surface area (Å²) in [5.74, 6) is 0.336. The minimum atomic E-state index is -1.00. The van der Waals surface area contributed by atoms with Crippen molar-refractivity contribution in [2.45, 2.75) is 31.8 Å². The fraction of sp³-hybridized carbons (Fsp3) is 0.381. The number of methoxy groups -OCH3 is 1. The zero-order valence-electron chi connectivity index (χ0n) is 16.2. The third-order valence-electron chi connectivity index (χ3n) is 5.56. The molecule has 7 nitrogen and oxygen atoms in total. The van der Waals surface area contributed by atoms with Gasteiger partial charge in [-0.15, -0.1) is 0 Å². The topological polar surface area (TPSA) is 79.0 Å². The molecular formula is C21H23N3O4. The van der Waals surface area contributed by atoms with Crippen LogP contribution in [-0.2, 0) is 4.79 Å². The van der Waals surface area contributed by atoms with Crippen molar-refractivity contribution in [3.05, 3.63) is 42.0 Å². The van der Waals surface area contributed by atoms with Crippen LogP contribution in [0.15, 0.2) is 36.4 Å². The van der Waals surface area contributed by atoms with Crippen molar-refractivity contribution in [3.63, 3.8) is 0 Å². The zero-order valence-corrected chi connectivity index (χ0v) is 16.2. The Morgan fingerprint density at radius 2 is 1.89 bits per heavy atom. The highest BCUT2D eigenvalue weighted by Gasteiger charge is 2.56. The number of amides is 4. The Morgan fingerprint density at radius 1 is 1.14 bits per heavy atom. The van der Waals surface area contributed by atoms with Gasteiger partial charge in [0, 0.05) is 18.2 Å². The Bertz CT molecular complexity index is 987. The van der Waals surface area contributed by atoms with Gasteiger partial charge in [0.1, 0.15) is 11.3 Å². The van der Waals surface area contributed by atoms with E-state index in [1.54, 1.807) is 31.9 Å². The van der Waals surface area contributed by atoms with Crippen molar-refractivity contribution < 1.29 is 19.1 Å². The Balaban J connectivity index is 1.58. The van der Waals surface area contributed by atoms with E-state index in [1.165, 1.54) is 4.90 Å². The maximum atomic E-state index is 13.0. The van der Waals surface area contributed by atoms with E-state index >= 15 is 0 Å². The highest BCUT2D eigenvalue weighted by atomic mass is 16.5. The van der Waals surface area contributed by atoms with Gasteiger partial charge in [0.05, 0.1) is 13.7 Å². The van der Waals surface area contributed by atoms with Gasteiger partial charge < -0.3 is 15.0 Å². The zero-order chi connectivity index (χ0) is 20.1. The number of hydrogen-bond acceptors (Lipinski definition) is 4. The van der Waals surface area contributed by atoms with Gasteiger partial charge in [-0.1, -0.05) is 12.1 Å². The molecule has 1 spiro atoms. The lowest BCUT2D eigenvalue weighted by molar-refractivity contribution is -0.131. The number of likely N-dealkylation sites (tertiary alicyclic amines) is 1. The number of imide groups is 1. The molecule has 2 aromatic rings. The molecule has 2 heterocycles. The molecule has 2 aromatic carbocycles. The highest BCUT2D eigenvalue weighted by Crippen LogP contribution is 2.31. The third-order valence-corrected chi connectivity index (χ3v) is 5.56. The smallest absolute Gasteiger partial charge is 0.325 e. The Morgan fingerprint density at radius 3 is 2.57 bits per heavy atom. The largest absolute Gasteiger partial charge is 0.497 e. The average Bonchev–Trinajstić information content (AvgIpc) is 3.21. The molecule has 2 aliphatic rings. The van der Waals surface area contributed by atoms with Crippen LogP contribution in [-0.4, -0.2) is 59.4 Å². The van der Waals surface area contributed by atoms with Gasteiger partial charge >= 0.3 is 6.03 Å². The molecule has 0 bridgehead atoms. The number of nitrogens with one attached hydrogen (secondary N) is 1. The molecule has 0 aromatic heterocycles. The lowest BCUT2D eigenvalue weighted by atomic mass is 9.98. The predicted octanol–water partition coefficient (Wildman–Crippen LogP) is 2.39. The van der Waals surface area contributed by atoms with Crippen molar-refractivity contribution in [2.75, 3.05) is 20.2 Å². The van der Waals surface area contributed by atoms with Crippen LogP contribution >= 0.6 is 0 Å². The van der Waals surface area contributed by atoms with Gasteiger partial charge in [0.2, 0.25) is 0 Å². The molecule has 1 atom stereocenters. The standard InChI is InChI=1S/C21H23N3O4/c1-13(2)24-19(26)21(22-20(24)27)8-9-23(12-21)18(25)15-5-4-14-6-7-17(28-3)11-16(14)10-15/h4-7,10-11,13H,8-9,12H2,1-3H3,(H,22,27). The predicted molar refractivity (Wildman–Crippen MR) is 104 cm³/mol. The number of hydrogen-bond donors (Lipinski definition) is 1. The van der Waals surface area contributed by atoms with Crippen molar-refractivity contribution in [3.8, 4) is 5.75 Å². The van der Waals surface area contributed by atoms with E-state index in [0.29, 0.717) is 18.5 Å². The van der Waals surface area contributed by atoms with E-state index in [4.69, 9.17) is 4.74 Å². The molecule has 4 rings (SSSR count). The number of urea groups is 1. The maximum absolute atomic E-state index is 13.0. The van der Waals surface area contributed by atoms with Crippen LogP contribution in [0.25, 0.3) is 10.8 Å². The van der Waals surface area contributed by atoms with Gasteiger partial charge in [0.15, 0.2) is 0 Å². The van der Waals surface area contributed by atoms with E-state index in [0.717, 1.165) is 16.5 Å². The highest BCUT2D eigenvalue weighted by molar-refractivity contribution is 6.08. The minimum Gasteiger partial charge on any atom is -0.497 e. The number of benzene rings is 2. The first-order chi connectivity index (χ1) is 13.3. The monoisotopic (exact) mass is 381 g/mol. The summed E-state index contributed by atoms with van der Waals surface area (Å²) in [6.07, 6.45) is 0.425. The van der Waals surface area contributed by atoms with Crippen LogP contribution in [0.1, 0.15) is 30.6 Å². The number of nitrogens with zero attached hydrogens (tertiary/aromatic N) is 2. The van der Waals surface area contributed by atoms with Crippen LogP contribution < -0.4 is 10.1 Å². The summed E-state index contributed by atoms with van der Waals surface area (Å²) in [6.45, 7) is 4.22. The molecule has 2 fully saturated rings. The molecule has 1 unspecified atom stereocenters. The van der Waals surface area contributed by atoms with E-state index < -0.39 is 5.54 Å². The molecule has 4 amide bonds. The van der Waals surface area contributed by atoms with E-state index in [-0.39, 0.29) is 30.4 Å². The van der Waals surface area contributed by atoms with Crippen LogP contribution in [0.2, 0.25) is 0 Å². The maximum Gasteiger partial charge on any atom is 0.325 e. The van der Waals surface area contributed by atoms with Crippen molar-refractivity contribution in [2.24, 2.45) is 0 Å². The second-order valence-electron chi connectivity index (χ2n) is 7.69. The SMILES string of the molecule is COc1ccc2ccc(C(=O)N3CCC4(C3)NC(=O)N(C(C)C)C4=O)cc2c1. The normalized spacial score (nSPS) is 21.9. The van der Waals surface area contributed by atoms with E-state index in [9.17, 15) is 14.4 Å². The van der Waals surface area contributed by atoms with Crippen LogP contribution in [0, 0.1) is 0 Å². The molecule has 146 valence electrons.